The van der Waals surface area contributed by atoms with Gasteiger partial charge in [0.25, 0.3) is 0 Å². The van der Waals surface area contributed by atoms with E-state index in [4.69, 9.17) is 0 Å². The van der Waals surface area contributed by atoms with Crippen molar-refractivity contribution in [3.05, 3.63) is 12.3 Å². The van der Waals surface area contributed by atoms with Gasteiger partial charge in [-0.2, -0.15) is 0 Å². The average Bonchev–Trinajstić information content (AvgIpc) is 2.14. The fourth-order valence-electron chi connectivity index (χ4n) is 3.03. The Kier molecular flexibility index (Phi) is 3.32. The molecule has 1 aliphatic carbocycles. The quantitative estimate of drug-likeness (QED) is 0.679. The summed E-state index contributed by atoms with van der Waals surface area (Å²) in [4.78, 5) is 2.56. The van der Waals surface area contributed by atoms with Gasteiger partial charge in [0.1, 0.15) is 0 Å². The van der Waals surface area contributed by atoms with E-state index in [2.05, 4.69) is 32.3 Å². The first-order valence-electron chi connectivity index (χ1n) is 6.92. The van der Waals surface area contributed by atoms with Crippen molar-refractivity contribution in [1.29, 1.82) is 0 Å². The molecule has 1 nitrogen and oxygen atoms in total. The molecule has 0 atom stereocenters. The first-order valence-corrected chi connectivity index (χ1v) is 6.92. The topological polar surface area (TPSA) is 3.24 Å². The van der Waals surface area contributed by atoms with Crippen LogP contribution in [0.3, 0.4) is 0 Å². The monoisotopic (exact) mass is 221 g/mol. The van der Waals surface area contributed by atoms with Gasteiger partial charge in [-0.3, -0.25) is 0 Å². The number of allylic oxidation sites excluding steroid dienone is 1. The van der Waals surface area contributed by atoms with Crippen molar-refractivity contribution < 1.29 is 0 Å². The van der Waals surface area contributed by atoms with E-state index in [1.165, 1.54) is 50.9 Å². The molecule has 1 aliphatic heterocycles. The van der Waals surface area contributed by atoms with Gasteiger partial charge in [0.05, 0.1) is 0 Å². The molecule has 92 valence electrons. The van der Waals surface area contributed by atoms with Crippen molar-refractivity contribution in [3.8, 4) is 0 Å². The highest BCUT2D eigenvalue weighted by molar-refractivity contribution is 5.05. The molecule has 1 saturated heterocycles. The zero-order valence-electron chi connectivity index (χ0n) is 11.3. The van der Waals surface area contributed by atoms with Crippen molar-refractivity contribution in [1.82, 2.24) is 4.90 Å². The van der Waals surface area contributed by atoms with Crippen LogP contribution >= 0.6 is 0 Å². The summed E-state index contributed by atoms with van der Waals surface area (Å²) in [6.45, 7) is 14.0. The van der Waals surface area contributed by atoms with Crippen LogP contribution in [0.5, 0.6) is 0 Å². The van der Waals surface area contributed by atoms with Crippen LogP contribution in [0, 0.1) is 17.3 Å². The van der Waals surface area contributed by atoms with Crippen molar-refractivity contribution in [2.45, 2.75) is 52.9 Å². The number of hydrogen-bond donors (Lipinski definition) is 0. The van der Waals surface area contributed by atoms with Gasteiger partial charge in [-0.15, -0.1) is 0 Å². The Balaban J connectivity index is 1.82. The van der Waals surface area contributed by atoms with Gasteiger partial charge >= 0.3 is 0 Å². The van der Waals surface area contributed by atoms with Crippen LogP contribution < -0.4 is 0 Å². The Labute approximate surface area is 101 Å². The van der Waals surface area contributed by atoms with Crippen LogP contribution in [0.1, 0.15) is 52.9 Å². The lowest BCUT2D eigenvalue weighted by molar-refractivity contribution is 0.118. The molecule has 0 bridgehead atoms. The molecular formula is C15H27N. The molecule has 0 radical (unpaired) electrons. The molecule has 0 spiro atoms. The predicted molar refractivity (Wildman–Crippen MR) is 70.2 cm³/mol. The number of hydrogen-bond acceptors (Lipinski definition) is 1. The zero-order valence-corrected chi connectivity index (χ0v) is 11.3. The third-order valence-corrected chi connectivity index (χ3v) is 4.70. The number of likely N-dealkylation sites (tertiary alicyclic amines) is 1. The van der Waals surface area contributed by atoms with E-state index in [9.17, 15) is 0 Å². The normalized spacial score (nSPS) is 24.3. The minimum absolute atomic E-state index is 0.490. The summed E-state index contributed by atoms with van der Waals surface area (Å²) < 4.78 is 0. The Morgan fingerprint density at radius 1 is 1.06 bits per heavy atom. The predicted octanol–water partition coefficient (Wildman–Crippen LogP) is 4.06. The Morgan fingerprint density at radius 2 is 1.62 bits per heavy atom. The SMILES string of the molecule is C=C(C1CCC1)N1CCC(C(C)(C)C)CC1. The largest absolute Gasteiger partial charge is 0.375 e. The summed E-state index contributed by atoms with van der Waals surface area (Å²) in [5, 5.41) is 0. The van der Waals surface area contributed by atoms with Crippen molar-refractivity contribution in [2.75, 3.05) is 13.1 Å². The second-order valence-electron chi connectivity index (χ2n) is 6.75. The van der Waals surface area contributed by atoms with E-state index in [1.54, 1.807) is 0 Å². The molecule has 0 amide bonds. The zero-order chi connectivity index (χ0) is 11.8. The van der Waals surface area contributed by atoms with Crippen LogP contribution in [0.15, 0.2) is 12.3 Å². The minimum Gasteiger partial charge on any atom is -0.375 e. The molecule has 2 rings (SSSR count). The molecule has 0 aromatic rings. The van der Waals surface area contributed by atoms with Crippen molar-refractivity contribution in [2.24, 2.45) is 17.3 Å². The number of rotatable bonds is 2. The maximum absolute atomic E-state index is 4.31. The van der Waals surface area contributed by atoms with Crippen LogP contribution in [-0.2, 0) is 0 Å². The maximum atomic E-state index is 4.31. The second-order valence-corrected chi connectivity index (χ2v) is 6.75. The standard InChI is InChI=1S/C15H27N/c1-12(13-6-5-7-13)16-10-8-14(9-11-16)15(2,3)4/h13-14H,1,5-11H2,2-4H3. The fraction of sp³-hybridized carbons (Fsp3) is 0.867. The van der Waals surface area contributed by atoms with E-state index < -0.39 is 0 Å². The summed E-state index contributed by atoms with van der Waals surface area (Å²) in [7, 11) is 0. The minimum atomic E-state index is 0.490. The summed E-state index contributed by atoms with van der Waals surface area (Å²) in [6.07, 6.45) is 6.91. The lowest BCUT2D eigenvalue weighted by Gasteiger charge is -2.43. The molecule has 0 aromatic carbocycles. The van der Waals surface area contributed by atoms with E-state index in [0.717, 1.165) is 11.8 Å². The van der Waals surface area contributed by atoms with E-state index in [-0.39, 0.29) is 0 Å². The Hall–Kier alpha value is -0.460. The van der Waals surface area contributed by atoms with Gasteiger partial charge in [0.15, 0.2) is 0 Å². The lowest BCUT2D eigenvalue weighted by atomic mass is 9.74. The average molecular weight is 221 g/mol. The third kappa shape index (κ3) is 2.44. The van der Waals surface area contributed by atoms with Gasteiger partial charge in [-0.05, 0) is 42.9 Å². The Morgan fingerprint density at radius 3 is 2.00 bits per heavy atom. The van der Waals surface area contributed by atoms with Gasteiger partial charge in [0.2, 0.25) is 0 Å². The lowest BCUT2D eigenvalue weighted by Crippen LogP contribution is -2.39. The van der Waals surface area contributed by atoms with E-state index >= 15 is 0 Å². The summed E-state index contributed by atoms with van der Waals surface area (Å²) >= 11 is 0. The summed E-state index contributed by atoms with van der Waals surface area (Å²) in [5.41, 5.74) is 1.93. The Bertz CT molecular complexity index is 249. The number of nitrogens with zero attached hydrogens (tertiary/aromatic N) is 1. The molecular weight excluding hydrogens is 194 g/mol. The highest BCUT2D eigenvalue weighted by Crippen LogP contribution is 2.38. The summed E-state index contributed by atoms with van der Waals surface area (Å²) in [6, 6.07) is 0. The molecule has 2 aliphatic rings. The van der Waals surface area contributed by atoms with Crippen LogP contribution in [0.2, 0.25) is 0 Å². The van der Waals surface area contributed by atoms with Gasteiger partial charge in [-0.25, -0.2) is 0 Å². The fourth-order valence-corrected chi connectivity index (χ4v) is 3.03. The van der Waals surface area contributed by atoms with Crippen LogP contribution in [0.4, 0.5) is 0 Å². The van der Waals surface area contributed by atoms with Gasteiger partial charge in [0, 0.05) is 18.8 Å². The van der Waals surface area contributed by atoms with E-state index in [1.807, 2.05) is 0 Å². The van der Waals surface area contributed by atoms with E-state index in [0.29, 0.717) is 5.41 Å². The highest BCUT2D eigenvalue weighted by Gasteiger charge is 2.31. The highest BCUT2D eigenvalue weighted by atomic mass is 15.1. The first kappa shape index (κ1) is 12.0. The van der Waals surface area contributed by atoms with Gasteiger partial charge < -0.3 is 4.90 Å². The molecule has 16 heavy (non-hydrogen) atoms. The van der Waals surface area contributed by atoms with Crippen LogP contribution in [-0.4, -0.2) is 18.0 Å². The van der Waals surface area contributed by atoms with Gasteiger partial charge in [-0.1, -0.05) is 33.8 Å². The third-order valence-electron chi connectivity index (χ3n) is 4.70. The molecule has 1 heteroatoms. The maximum Gasteiger partial charge on any atom is 0.0177 e. The van der Waals surface area contributed by atoms with Crippen molar-refractivity contribution in [3.63, 3.8) is 0 Å². The molecule has 0 N–H and O–H groups in total. The second kappa shape index (κ2) is 4.43. The van der Waals surface area contributed by atoms with Crippen LogP contribution in [0.25, 0.3) is 0 Å². The molecule has 0 aromatic heterocycles. The molecule has 0 unspecified atom stereocenters. The smallest absolute Gasteiger partial charge is 0.0177 e. The summed E-state index contributed by atoms with van der Waals surface area (Å²) in [5.74, 6) is 1.73. The number of piperidine rings is 1. The molecule has 2 fully saturated rings. The first-order chi connectivity index (χ1) is 7.48. The molecule has 1 heterocycles. The van der Waals surface area contributed by atoms with Crippen molar-refractivity contribution >= 4 is 0 Å². The molecule has 1 saturated carbocycles.